The number of aromatic amines is 1. The van der Waals surface area contributed by atoms with Crippen LogP contribution >= 0.6 is 11.6 Å². The predicted octanol–water partition coefficient (Wildman–Crippen LogP) is 4.15. The summed E-state index contributed by atoms with van der Waals surface area (Å²) in [4.78, 5) is 0. The second kappa shape index (κ2) is 8.68. The zero-order valence-corrected chi connectivity index (χ0v) is 17.2. The molecule has 1 aliphatic rings. The average molecular weight is 441 g/mol. The maximum Gasteiger partial charge on any atom is 0.244 e. The van der Waals surface area contributed by atoms with Gasteiger partial charge in [0.05, 0.1) is 28.8 Å². The summed E-state index contributed by atoms with van der Waals surface area (Å²) in [5.41, 5.74) is 8.70. The van der Waals surface area contributed by atoms with Gasteiger partial charge in [0, 0.05) is 12.7 Å². The topological polar surface area (TPSA) is 106 Å². The first-order valence-corrected chi connectivity index (χ1v) is 9.70. The number of benzene rings is 2. The quantitative estimate of drug-likeness (QED) is 0.596. The van der Waals surface area contributed by atoms with Gasteiger partial charge in [-0.1, -0.05) is 29.8 Å². The first-order chi connectivity index (χ1) is 15.0. The fourth-order valence-corrected chi connectivity index (χ4v) is 3.70. The fourth-order valence-electron chi connectivity index (χ4n) is 3.48. The van der Waals surface area contributed by atoms with Gasteiger partial charge in [0.2, 0.25) is 11.8 Å². The molecular weight excluding hydrogens is 423 g/mol. The van der Waals surface area contributed by atoms with E-state index in [0.29, 0.717) is 27.9 Å². The summed E-state index contributed by atoms with van der Waals surface area (Å²) in [5, 5.41) is 17.0. The molecule has 31 heavy (non-hydrogen) atoms. The van der Waals surface area contributed by atoms with Gasteiger partial charge in [0.15, 0.2) is 0 Å². The molecule has 0 saturated heterocycles. The average Bonchev–Trinajstić information content (AvgIpc) is 3.15. The SMILES string of the molecule is COCc1[nH]nc2c1C(c1ccc(OCc3c(F)cccc3Cl)cc1)C(C#N)=C(N)O2. The van der Waals surface area contributed by atoms with Crippen LogP contribution in [0.5, 0.6) is 11.6 Å². The van der Waals surface area contributed by atoms with Gasteiger partial charge in [-0.25, -0.2) is 4.39 Å². The van der Waals surface area contributed by atoms with Crippen molar-refractivity contribution in [1.29, 1.82) is 5.26 Å². The molecule has 3 N–H and O–H groups in total. The summed E-state index contributed by atoms with van der Waals surface area (Å²) in [6.07, 6.45) is 0. The molecule has 9 heteroatoms. The minimum Gasteiger partial charge on any atom is -0.489 e. The lowest BCUT2D eigenvalue weighted by atomic mass is 9.84. The number of nitriles is 1. The van der Waals surface area contributed by atoms with Crippen LogP contribution in [0.25, 0.3) is 0 Å². The third-order valence-corrected chi connectivity index (χ3v) is 5.32. The minimum absolute atomic E-state index is 0.00462. The molecule has 7 nitrogen and oxygen atoms in total. The second-order valence-corrected chi connectivity index (χ2v) is 7.24. The molecule has 1 aliphatic heterocycles. The van der Waals surface area contributed by atoms with E-state index in [-0.39, 0.29) is 30.2 Å². The van der Waals surface area contributed by atoms with Crippen molar-refractivity contribution in [3.63, 3.8) is 0 Å². The number of halogens is 2. The van der Waals surface area contributed by atoms with Crippen LogP contribution in [0.3, 0.4) is 0 Å². The van der Waals surface area contributed by atoms with E-state index in [0.717, 1.165) is 5.56 Å². The van der Waals surface area contributed by atoms with Gasteiger partial charge < -0.3 is 19.9 Å². The van der Waals surface area contributed by atoms with Crippen LogP contribution in [0.2, 0.25) is 5.02 Å². The largest absolute Gasteiger partial charge is 0.489 e. The number of nitrogens with two attached hydrogens (primary N) is 1. The fraction of sp³-hybridized carbons (Fsp3) is 0.182. The number of ether oxygens (including phenoxy) is 3. The van der Waals surface area contributed by atoms with E-state index in [2.05, 4.69) is 16.3 Å². The number of H-pyrrole nitrogens is 1. The Morgan fingerprint density at radius 1 is 1.26 bits per heavy atom. The number of fused-ring (bicyclic) bond motifs is 1. The van der Waals surface area contributed by atoms with Gasteiger partial charge >= 0.3 is 0 Å². The standard InChI is InChI=1S/C22H18ClFN4O3/c1-29-11-18-20-19(14(9-25)21(26)31-22(20)28-27-18)12-5-7-13(8-6-12)30-10-15-16(23)3-2-4-17(15)24/h2-8,19H,10-11,26H2,1H3,(H,27,28). The molecule has 0 amide bonds. The van der Waals surface area contributed by atoms with E-state index >= 15 is 0 Å². The molecule has 0 fully saturated rings. The van der Waals surface area contributed by atoms with Crippen LogP contribution < -0.4 is 15.2 Å². The molecule has 1 atom stereocenters. The van der Waals surface area contributed by atoms with Gasteiger partial charge in [0.25, 0.3) is 0 Å². The van der Waals surface area contributed by atoms with E-state index in [1.807, 2.05) is 12.1 Å². The van der Waals surface area contributed by atoms with E-state index < -0.39 is 11.7 Å². The van der Waals surface area contributed by atoms with Crippen LogP contribution in [0.4, 0.5) is 4.39 Å². The van der Waals surface area contributed by atoms with Gasteiger partial charge in [-0.2, -0.15) is 5.26 Å². The molecule has 3 aromatic rings. The number of nitrogens with zero attached hydrogens (tertiary/aromatic N) is 2. The summed E-state index contributed by atoms with van der Waals surface area (Å²) >= 11 is 6.05. The van der Waals surface area contributed by atoms with Crippen LogP contribution in [-0.4, -0.2) is 17.3 Å². The van der Waals surface area contributed by atoms with Crippen LogP contribution in [-0.2, 0) is 18.0 Å². The molecule has 2 aromatic carbocycles. The normalized spacial score (nSPS) is 15.2. The lowest BCUT2D eigenvalue weighted by Crippen LogP contribution is -2.21. The minimum atomic E-state index is -0.479. The third kappa shape index (κ3) is 3.93. The number of hydrogen-bond donors (Lipinski definition) is 2. The van der Waals surface area contributed by atoms with E-state index in [4.69, 9.17) is 31.5 Å². The van der Waals surface area contributed by atoms with Crippen molar-refractivity contribution in [1.82, 2.24) is 10.2 Å². The van der Waals surface area contributed by atoms with Crippen molar-refractivity contribution in [2.24, 2.45) is 5.73 Å². The molecule has 158 valence electrons. The van der Waals surface area contributed by atoms with Crippen molar-refractivity contribution >= 4 is 11.6 Å². The van der Waals surface area contributed by atoms with Crippen molar-refractivity contribution in [3.05, 3.63) is 87.1 Å². The van der Waals surface area contributed by atoms with E-state index in [1.165, 1.54) is 12.1 Å². The van der Waals surface area contributed by atoms with Crippen molar-refractivity contribution < 1.29 is 18.6 Å². The Hall–Kier alpha value is -3.54. The summed E-state index contributed by atoms with van der Waals surface area (Å²) in [6.45, 7) is 0.258. The summed E-state index contributed by atoms with van der Waals surface area (Å²) in [7, 11) is 1.56. The van der Waals surface area contributed by atoms with Crippen molar-refractivity contribution in [3.8, 4) is 17.7 Å². The Morgan fingerprint density at radius 3 is 2.71 bits per heavy atom. The highest BCUT2D eigenvalue weighted by atomic mass is 35.5. The molecule has 0 bridgehead atoms. The molecule has 0 aliphatic carbocycles. The highest BCUT2D eigenvalue weighted by molar-refractivity contribution is 6.31. The Morgan fingerprint density at radius 2 is 2.03 bits per heavy atom. The smallest absolute Gasteiger partial charge is 0.244 e. The Bertz CT molecular complexity index is 1160. The third-order valence-electron chi connectivity index (χ3n) is 4.96. The molecule has 2 heterocycles. The maximum atomic E-state index is 13.9. The number of methoxy groups -OCH3 is 1. The molecule has 1 unspecified atom stereocenters. The van der Waals surface area contributed by atoms with Gasteiger partial charge in [-0.05, 0) is 29.8 Å². The lowest BCUT2D eigenvalue weighted by molar-refractivity contribution is 0.180. The van der Waals surface area contributed by atoms with E-state index in [9.17, 15) is 9.65 Å². The van der Waals surface area contributed by atoms with Gasteiger partial charge in [-0.3, -0.25) is 5.10 Å². The lowest BCUT2D eigenvalue weighted by Gasteiger charge is -2.24. The number of allylic oxidation sites excluding steroid dienone is 1. The molecule has 0 radical (unpaired) electrons. The summed E-state index contributed by atoms with van der Waals surface area (Å²) in [5.74, 6) is -0.0698. The van der Waals surface area contributed by atoms with Crippen LogP contribution in [0, 0.1) is 17.1 Å². The van der Waals surface area contributed by atoms with Crippen LogP contribution in [0.1, 0.15) is 28.3 Å². The maximum absolute atomic E-state index is 13.9. The Labute approximate surface area is 182 Å². The monoisotopic (exact) mass is 440 g/mol. The number of rotatable bonds is 6. The second-order valence-electron chi connectivity index (χ2n) is 6.84. The molecular formula is C22H18ClFN4O3. The van der Waals surface area contributed by atoms with E-state index in [1.54, 1.807) is 25.3 Å². The van der Waals surface area contributed by atoms with Crippen molar-refractivity contribution in [2.75, 3.05) is 7.11 Å². The van der Waals surface area contributed by atoms with Gasteiger partial charge in [0.1, 0.15) is 29.8 Å². The predicted molar refractivity (Wildman–Crippen MR) is 111 cm³/mol. The highest BCUT2D eigenvalue weighted by Gasteiger charge is 2.35. The van der Waals surface area contributed by atoms with Crippen molar-refractivity contribution in [2.45, 2.75) is 19.1 Å². The number of aromatic nitrogens is 2. The Balaban J connectivity index is 1.62. The first kappa shape index (κ1) is 20.7. The highest BCUT2D eigenvalue weighted by Crippen LogP contribution is 2.43. The molecule has 0 spiro atoms. The van der Waals surface area contributed by atoms with Gasteiger partial charge in [-0.15, -0.1) is 5.10 Å². The number of hydrogen-bond acceptors (Lipinski definition) is 6. The molecule has 0 saturated carbocycles. The molecule has 1 aromatic heterocycles. The zero-order chi connectivity index (χ0) is 22.0. The van der Waals surface area contributed by atoms with Crippen LogP contribution in [0.15, 0.2) is 53.9 Å². The first-order valence-electron chi connectivity index (χ1n) is 9.32. The number of nitrogens with one attached hydrogen (secondary N) is 1. The molecule has 4 rings (SSSR count). The summed E-state index contributed by atoms with van der Waals surface area (Å²) in [6, 6.07) is 13.7. The summed E-state index contributed by atoms with van der Waals surface area (Å²) < 4.78 is 30.4. The Kier molecular flexibility index (Phi) is 5.80. The zero-order valence-electron chi connectivity index (χ0n) is 16.5.